The highest BCUT2D eigenvalue weighted by Gasteiger charge is 2.22. The molecular formula is C24H26N4O+2. The molecule has 3 heterocycles. The molecule has 5 nitrogen and oxygen atoms in total. The Morgan fingerprint density at radius 3 is 1.34 bits per heavy atom. The van der Waals surface area contributed by atoms with Gasteiger partial charge < -0.3 is 4.42 Å². The Hall–Kier alpha value is -3.34. The van der Waals surface area contributed by atoms with E-state index in [0.29, 0.717) is 12.1 Å². The smallest absolute Gasteiger partial charge is 0.275 e. The van der Waals surface area contributed by atoms with Crippen LogP contribution in [0.15, 0.2) is 65.1 Å². The minimum atomic E-state index is 0.464. The summed E-state index contributed by atoms with van der Waals surface area (Å²) in [5, 5.41) is 6.91. The lowest BCUT2D eigenvalue weighted by molar-refractivity contribution is -0.448. The molecule has 0 aliphatic carbocycles. The van der Waals surface area contributed by atoms with Gasteiger partial charge in [0.2, 0.25) is 0 Å². The fourth-order valence-electron chi connectivity index (χ4n) is 3.83. The highest BCUT2D eigenvalue weighted by molar-refractivity contribution is 5.96. The van der Waals surface area contributed by atoms with Crippen molar-refractivity contribution < 1.29 is 14.4 Å². The van der Waals surface area contributed by atoms with Gasteiger partial charge in [0.15, 0.2) is 0 Å². The summed E-state index contributed by atoms with van der Waals surface area (Å²) in [5.74, 6) is 3.96. The molecule has 0 amide bonds. The van der Waals surface area contributed by atoms with E-state index in [1.54, 1.807) is 0 Å². The Kier molecular flexibility index (Phi) is 4.43. The van der Waals surface area contributed by atoms with Crippen LogP contribution < -0.4 is 20.6 Å². The number of benzene rings is 2. The zero-order valence-corrected chi connectivity index (χ0v) is 16.8. The first-order chi connectivity index (χ1) is 14.2. The molecule has 2 aliphatic heterocycles. The lowest BCUT2D eigenvalue weighted by Crippen LogP contribution is -2.71. The van der Waals surface area contributed by atoms with E-state index in [9.17, 15) is 0 Å². The molecule has 0 saturated heterocycles. The molecule has 0 spiro atoms. The molecule has 146 valence electrons. The average molecular weight is 386 g/mol. The van der Waals surface area contributed by atoms with E-state index in [4.69, 9.17) is 4.42 Å². The number of furan rings is 1. The molecule has 29 heavy (non-hydrogen) atoms. The van der Waals surface area contributed by atoms with Crippen molar-refractivity contribution in [3.8, 4) is 22.6 Å². The third kappa shape index (κ3) is 3.56. The van der Waals surface area contributed by atoms with Crippen molar-refractivity contribution in [3.63, 3.8) is 0 Å². The van der Waals surface area contributed by atoms with Crippen molar-refractivity contribution in [2.45, 2.75) is 25.9 Å². The average Bonchev–Trinajstić information content (AvgIpc) is 3.49. The van der Waals surface area contributed by atoms with Crippen molar-refractivity contribution in [2.75, 3.05) is 13.1 Å². The number of rotatable bonds is 4. The van der Waals surface area contributed by atoms with Gasteiger partial charge in [-0.2, -0.15) is 0 Å². The second-order valence-corrected chi connectivity index (χ2v) is 7.92. The van der Waals surface area contributed by atoms with Crippen LogP contribution in [0.25, 0.3) is 22.6 Å². The topological polar surface area (TPSA) is 65.1 Å². The minimum absolute atomic E-state index is 0.464. The Morgan fingerprint density at radius 1 is 0.621 bits per heavy atom. The highest BCUT2D eigenvalue weighted by Crippen LogP contribution is 2.28. The van der Waals surface area contributed by atoms with Gasteiger partial charge in [0.05, 0.1) is 11.1 Å². The molecule has 5 heteroatoms. The van der Waals surface area contributed by atoms with Crippen molar-refractivity contribution in [3.05, 3.63) is 71.8 Å². The molecule has 2 atom stereocenters. The van der Waals surface area contributed by atoms with Crippen LogP contribution in [0.1, 0.15) is 25.0 Å². The van der Waals surface area contributed by atoms with E-state index in [1.807, 2.05) is 12.1 Å². The summed E-state index contributed by atoms with van der Waals surface area (Å²) in [6.45, 7) is 6.26. The maximum absolute atomic E-state index is 6.14. The molecule has 4 N–H and O–H groups in total. The second-order valence-electron chi connectivity index (χ2n) is 7.92. The largest absolute Gasteiger partial charge is 0.456 e. The first-order valence-electron chi connectivity index (χ1n) is 10.2. The van der Waals surface area contributed by atoms with Crippen LogP contribution in [0, 0.1) is 0 Å². The van der Waals surface area contributed by atoms with Crippen LogP contribution in [-0.2, 0) is 0 Å². The minimum Gasteiger partial charge on any atom is -0.456 e. The molecule has 0 bridgehead atoms. The number of amidine groups is 2. The van der Waals surface area contributed by atoms with E-state index in [2.05, 4.69) is 83.0 Å². The summed E-state index contributed by atoms with van der Waals surface area (Å²) in [7, 11) is 0. The summed E-state index contributed by atoms with van der Waals surface area (Å²) >= 11 is 0. The highest BCUT2D eigenvalue weighted by atomic mass is 16.3. The van der Waals surface area contributed by atoms with Crippen molar-refractivity contribution in [2.24, 2.45) is 0 Å². The van der Waals surface area contributed by atoms with Crippen LogP contribution >= 0.6 is 0 Å². The molecule has 1 aromatic heterocycles. The first-order valence-corrected chi connectivity index (χ1v) is 10.2. The van der Waals surface area contributed by atoms with E-state index >= 15 is 0 Å². The number of hydrogen-bond acceptors (Lipinski definition) is 3. The predicted molar refractivity (Wildman–Crippen MR) is 115 cm³/mol. The molecule has 2 aliphatic rings. The Morgan fingerprint density at radius 2 is 1.00 bits per heavy atom. The van der Waals surface area contributed by atoms with Gasteiger partial charge in [-0.05, 0) is 50.2 Å². The van der Waals surface area contributed by atoms with E-state index in [1.165, 1.54) is 11.1 Å². The number of hydrogen-bond donors (Lipinski definition) is 4. The zero-order chi connectivity index (χ0) is 19.8. The summed E-state index contributed by atoms with van der Waals surface area (Å²) in [5.41, 5.74) is 4.49. The summed E-state index contributed by atoms with van der Waals surface area (Å²) < 4.78 is 6.14. The van der Waals surface area contributed by atoms with Crippen molar-refractivity contribution in [1.29, 1.82) is 0 Å². The van der Waals surface area contributed by atoms with Gasteiger partial charge >= 0.3 is 0 Å². The van der Waals surface area contributed by atoms with Gasteiger partial charge in [-0.25, -0.2) is 0 Å². The normalized spacial score (nSPS) is 20.8. The van der Waals surface area contributed by atoms with Crippen LogP contribution in [0.4, 0.5) is 0 Å². The summed E-state index contributed by atoms with van der Waals surface area (Å²) in [6, 6.07) is 21.9. The van der Waals surface area contributed by atoms with Crippen LogP contribution in [0.5, 0.6) is 0 Å². The van der Waals surface area contributed by atoms with E-state index in [0.717, 1.165) is 47.4 Å². The van der Waals surface area contributed by atoms with Gasteiger partial charge in [0.1, 0.15) is 36.7 Å². The van der Waals surface area contributed by atoms with Gasteiger partial charge in [-0.1, -0.05) is 24.3 Å². The maximum atomic E-state index is 6.14. The standard InChI is InChI=1S/C24H24N4O/c1-15-13-25-23(27-15)19-7-3-17(4-8-19)21-11-12-22(29-21)18-5-9-20(10-6-18)24-26-14-16(2)28-24/h3-12,15-16H,13-14H2,1-2H3,(H,25,27)(H,26,28)/p+2. The van der Waals surface area contributed by atoms with E-state index < -0.39 is 0 Å². The monoisotopic (exact) mass is 386 g/mol. The van der Waals surface area contributed by atoms with Gasteiger partial charge in [-0.3, -0.25) is 20.6 Å². The molecule has 5 rings (SSSR count). The maximum Gasteiger partial charge on any atom is 0.275 e. The third-order valence-electron chi connectivity index (χ3n) is 5.47. The van der Waals surface area contributed by atoms with Gasteiger partial charge in [0.25, 0.3) is 11.7 Å². The van der Waals surface area contributed by atoms with Gasteiger partial charge in [-0.15, -0.1) is 0 Å². The summed E-state index contributed by atoms with van der Waals surface area (Å²) in [4.78, 5) is 6.81. The number of nitrogens with one attached hydrogen (secondary N) is 4. The zero-order valence-electron chi connectivity index (χ0n) is 16.8. The van der Waals surface area contributed by atoms with Crippen LogP contribution in [-0.4, -0.2) is 36.8 Å². The van der Waals surface area contributed by atoms with Crippen molar-refractivity contribution >= 4 is 11.7 Å². The summed E-state index contributed by atoms with van der Waals surface area (Å²) in [6.07, 6.45) is 0. The molecular weight excluding hydrogens is 360 g/mol. The lowest BCUT2D eigenvalue weighted by Gasteiger charge is -2.02. The Balaban J connectivity index is 1.33. The molecule has 0 saturated carbocycles. The van der Waals surface area contributed by atoms with Crippen LogP contribution in [0.2, 0.25) is 0 Å². The predicted octanol–water partition coefficient (Wildman–Crippen LogP) is 0.251. The quantitative estimate of drug-likeness (QED) is 0.520. The molecule has 3 aromatic rings. The molecule has 2 unspecified atom stereocenters. The third-order valence-corrected chi connectivity index (χ3v) is 5.47. The lowest BCUT2D eigenvalue weighted by atomic mass is 10.1. The van der Waals surface area contributed by atoms with Gasteiger partial charge in [0, 0.05) is 11.1 Å². The fraction of sp³-hybridized carbons (Fsp3) is 0.250. The first kappa shape index (κ1) is 17.7. The van der Waals surface area contributed by atoms with E-state index in [-0.39, 0.29) is 0 Å². The Labute approximate surface area is 170 Å². The Bertz CT molecular complexity index is 991. The second kappa shape index (κ2) is 7.24. The van der Waals surface area contributed by atoms with Crippen LogP contribution in [0.3, 0.4) is 0 Å². The molecule has 0 radical (unpaired) electrons. The molecule has 0 fully saturated rings. The SMILES string of the molecule is CC1C[NH+]=C(c2ccc(-c3ccc(-c4ccc(C5=[NH+]CC(C)N5)cc4)o3)cc2)N1. The molecule has 2 aromatic carbocycles. The fourth-order valence-corrected chi connectivity index (χ4v) is 3.83. The van der Waals surface area contributed by atoms with Crippen molar-refractivity contribution in [1.82, 2.24) is 10.6 Å².